The van der Waals surface area contributed by atoms with Gasteiger partial charge in [0.05, 0.1) is 0 Å². The third kappa shape index (κ3) is 5.00. The van der Waals surface area contributed by atoms with Gasteiger partial charge in [0.2, 0.25) is 0 Å². The van der Waals surface area contributed by atoms with Crippen LogP contribution in [0.3, 0.4) is 0 Å². The summed E-state index contributed by atoms with van der Waals surface area (Å²) >= 11 is 0. The molecule has 0 saturated carbocycles. The van der Waals surface area contributed by atoms with Crippen molar-refractivity contribution in [1.82, 2.24) is 0 Å². The molecule has 0 fully saturated rings. The van der Waals surface area contributed by atoms with Crippen LogP contribution in [0.2, 0.25) is 0 Å². The van der Waals surface area contributed by atoms with Crippen molar-refractivity contribution in [1.29, 1.82) is 0 Å². The molecule has 0 heterocycles. The molecular weight excluding hydrogens is 134 g/mol. The molecule has 0 unspecified atom stereocenters. The molecule has 0 atom stereocenters. The topological polar surface area (TPSA) is 3.01 Å². The molecule has 0 aromatic heterocycles. The lowest BCUT2D eigenvalue weighted by molar-refractivity contribution is -0.569. The minimum absolute atomic E-state index is 0.0460. The van der Waals surface area contributed by atoms with Gasteiger partial charge in [-0.15, -0.1) is 0 Å². The van der Waals surface area contributed by atoms with E-state index < -0.39 is 0 Å². The zero-order valence-corrected chi connectivity index (χ0v) is 8.95. The van der Waals surface area contributed by atoms with Crippen LogP contribution in [0.4, 0.5) is 0 Å². The summed E-state index contributed by atoms with van der Waals surface area (Å²) in [5, 5.41) is 0. The Bertz CT molecular complexity index is 169. The second-order valence-electron chi connectivity index (χ2n) is 5.09. The van der Waals surface area contributed by atoms with Gasteiger partial charge >= 0.3 is 0 Å². The number of nitrogens with zero attached hydrogens (tertiary/aromatic N) is 1. The highest BCUT2D eigenvalue weighted by Gasteiger charge is 2.22. The van der Waals surface area contributed by atoms with Crippen LogP contribution in [0.25, 0.3) is 0 Å². The molecule has 66 valence electrons. The largest absolute Gasteiger partial charge is 0.237 e. The van der Waals surface area contributed by atoms with E-state index in [0.717, 1.165) is 0 Å². The summed E-state index contributed by atoms with van der Waals surface area (Å²) in [6.07, 6.45) is 0.690. The fraction of sp³-hybridized carbons (Fsp3) is 0.900. The van der Waals surface area contributed by atoms with Crippen LogP contribution in [-0.2, 0) is 0 Å². The van der Waals surface area contributed by atoms with Crippen LogP contribution in [0.5, 0.6) is 0 Å². The predicted octanol–water partition coefficient (Wildman–Crippen LogP) is 2.54. The second kappa shape index (κ2) is 2.96. The maximum atomic E-state index is 7.93. The van der Waals surface area contributed by atoms with Gasteiger partial charge in [0.25, 0.3) is 0 Å². The molecule has 1 nitrogen and oxygen atoms in total. The average Bonchev–Trinajstić information content (AvgIpc) is 1.80. The Labute approximate surface area is 72.5 Å². The molecule has 11 heavy (non-hydrogen) atoms. The molecule has 0 aliphatic heterocycles. The lowest BCUT2D eigenvalue weighted by Gasteiger charge is -2.18. The maximum Gasteiger partial charge on any atom is 0.153 e. The van der Waals surface area contributed by atoms with Crippen molar-refractivity contribution in [3.63, 3.8) is 0 Å². The Morgan fingerprint density at radius 2 is 1.45 bits per heavy atom. The van der Waals surface area contributed by atoms with E-state index in [1.807, 2.05) is 11.6 Å². The molecule has 0 radical (unpaired) electrons. The summed E-state index contributed by atoms with van der Waals surface area (Å²) in [6.45, 7) is 12.6. The molecule has 0 spiro atoms. The molecule has 0 aromatic rings. The zero-order chi connectivity index (χ0) is 10.2. The Hall–Kier alpha value is -0.330. The van der Waals surface area contributed by atoms with Crippen LogP contribution < -0.4 is 0 Å². The molecule has 0 amide bonds. The lowest BCUT2D eigenvalue weighted by Crippen LogP contribution is -2.33. The quantitative estimate of drug-likeness (QED) is 0.375. The SMILES string of the molecule is [2H]C(=[N+](C)C(C)(C)C)C(C)(C)C. The minimum Gasteiger partial charge on any atom is -0.237 e. The lowest BCUT2D eigenvalue weighted by atomic mass is 9.97. The molecule has 0 aromatic carbocycles. The molecule has 0 bridgehead atoms. The van der Waals surface area contributed by atoms with Gasteiger partial charge in [-0.2, -0.15) is 0 Å². The van der Waals surface area contributed by atoms with E-state index in [9.17, 15) is 0 Å². The first-order chi connectivity index (χ1) is 5.07. The molecule has 0 aliphatic carbocycles. The summed E-state index contributed by atoms with van der Waals surface area (Å²) in [6, 6.07) is 0. The fourth-order valence-electron chi connectivity index (χ4n) is 0.671. The third-order valence-corrected chi connectivity index (χ3v) is 1.51. The molecule has 1 heteroatoms. The Morgan fingerprint density at radius 3 is 1.55 bits per heavy atom. The summed E-state index contributed by atoms with van der Waals surface area (Å²) in [5.74, 6) is 0. The van der Waals surface area contributed by atoms with E-state index in [4.69, 9.17) is 1.37 Å². The third-order valence-electron chi connectivity index (χ3n) is 1.51. The maximum absolute atomic E-state index is 7.93. The van der Waals surface area contributed by atoms with Gasteiger partial charge < -0.3 is 0 Å². The molecule has 0 rings (SSSR count). The fourth-order valence-corrected chi connectivity index (χ4v) is 0.671. The summed E-state index contributed by atoms with van der Waals surface area (Å²) in [4.78, 5) is 0. The number of rotatable bonds is 0. The van der Waals surface area contributed by atoms with E-state index in [1.165, 1.54) is 0 Å². The normalized spacial score (nSPS) is 17.5. The van der Waals surface area contributed by atoms with Crippen molar-refractivity contribution in [3.05, 3.63) is 0 Å². The first kappa shape index (κ1) is 8.76. The van der Waals surface area contributed by atoms with Crippen molar-refractivity contribution in [2.75, 3.05) is 7.05 Å². The van der Waals surface area contributed by atoms with Gasteiger partial charge in [0, 0.05) is 5.41 Å². The average molecular weight is 157 g/mol. The van der Waals surface area contributed by atoms with Crippen molar-refractivity contribution >= 4 is 6.19 Å². The number of hydrogen-bond acceptors (Lipinski definition) is 0. The van der Waals surface area contributed by atoms with Crippen molar-refractivity contribution < 1.29 is 5.95 Å². The van der Waals surface area contributed by atoms with Gasteiger partial charge in [-0.05, 0) is 20.8 Å². The first-order valence-electron chi connectivity index (χ1n) is 4.64. The van der Waals surface area contributed by atoms with E-state index in [2.05, 4.69) is 41.5 Å². The van der Waals surface area contributed by atoms with Crippen molar-refractivity contribution in [2.24, 2.45) is 5.41 Å². The molecule has 0 aliphatic rings. The van der Waals surface area contributed by atoms with Crippen LogP contribution in [0.15, 0.2) is 0 Å². The van der Waals surface area contributed by atoms with Crippen LogP contribution in [0, 0.1) is 5.41 Å². The monoisotopic (exact) mass is 157 g/mol. The molecule has 0 N–H and O–H groups in total. The van der Waals surface area contributed by atoms with Gasteiger partial charge in [0.1, 0.15) is 14.6 Å². The summed E-state index contributed by atoms with van der Waals surface area (Å²) in [7, 11) is 1.98. The molecule has 0 saturated heterocycles. The van der Waals surface area contributed by atoms with Crippen molar-refractivity contribution in [2.45, 2.75) is 47.1 Å². The van der Waals surface area contributed by atoms with E-state index in [-0.39, 0.29) is 11.0 Å². The van der Waals surface area contributed by atoms with E-state index in [1.54, 1.807) is 0 Å². The van der Waals surface area contributed by atoms with Gasteiger partial charge in [-0.3, -0.25) is 0 Å². The Morgan fingerprint density at radius 1 is 1.09 bits per heavy atom. The van der Waals surface area contributed by atoms with E-state index in [0.29, 0.717) is 6.19 Å². The van der Waals surface area contributed by atoms with Crippen LogP contribution in [0.1, 0.15) is 42.9 Å². The minimum atomic E-state index is -0.0535. The van der Waals surface area contributed by atoms with Gasteiger partial charge in [0.15, 0.2) is 5.54 Å². The smallest absolute Gasteiger partial charge is 0.153 e. The second-order valence-corrected chi connectivity index (χ2v) is 5.09. The van der Waals surface area contributed by atoms with Gasteiger partial charge in [-0.25, -0.2) is 4.58 Å². The predicted molar refractivity (Wildman–Crippen MR) is 51.5 cm³/mol. The highest BCUT2D eigenvalue weighted by atomic mass is 15.0. The first-order valence-corrected chi connectivity index (χ1v) is 4.14. The van der Waals surface area contributed by atoms with Crippen LogP contribution in [-0.4, -0.2) is 23.4 Å². The Kier molecular flexibility index (Phi) is 2.36. The zero-order valence-electron chi connectivity index (χ0n) is 9.95. The summed E-state index contributed by atoms with van der Waals surface area (Å²) in [5.41, 5.74) is -0.00755. The Balaban J connectivity index is 4.96. The highest BCUT2D eigenvalue weighted by Crippen LogP contribution is 2.12. The standard InChI is InChI=1S/C10H22N/c1-9(2,3)8-11(7)10(4,5)6/h8H,1-7H3/q+1/i8D. The highest BCUT2D eigenvalue weighted by molar-refractivity contribution is 5.58. The van der Waals surface area contributed by atoms with Crippen LogP contribution >= 0.6 is 0 Å². The summed E-state index contributed by atoms with van der Waals surface area (Å²) < 4.78 is 9.95. The van der Waals surface area contributed by atoms with Gasteiger partial charge in [-0.1, -0.05) is 20.8 Å². The van der Waals surface area contributed by atoms with E-state index >= 15 is 0 Å². The number of hydrogen-bond donors (Lipinski definition) is 0. The van der Waals surface area contributed by atoms with Crippen molar-refractivity contribution in [3.8, 4) is 0 Å². The molecular formula is C10H22N+.